The number of aliphatic hydroxyl groups is 1. The molecule has 6 atom stereocenters. The molecule has 1 saturated heterocycles. The summed E-state index contributed by atoms with van der Waals surface area (Å²) in [6.45, 7) is 11.6. The van der Waals surface area contributed by atoms with E-state index in [2.05, 4.69) is 34.3 Å². The summed E-state index contributed by atoms with van der Waals surface area (Å²) in [5.74, 6) is -1.23. The number of rotatable bonds is 18. The van der Waals surface area contributed by atoms with Crippen LogP contribution in [0, 0.1) is 61.4 Å². The smallest absolute Gasteiger partial charge is 0.270 e. The van der Waals surface area contributed by atoms with Crippen molar-refractivity contribution in [2.45, 2.75) is 109 Å². The standard InChI is InChI=1S/C36H53N5O5S2.U.V.W/c1-8-23(4)33(39-35(45)31-13-10-16-40(31)7)36(46)41(21-42)30(22(2)3)14-15-32-38-29(20-48-32)34(44)37-27(17-24(5)25(6)43)18-26-11-9-12-28(47)19-26;;;/h11-12,15,19-20,22-24,27,30-31,33,42,47H,8,10,13-14,16-18,21H2,1-7H3,(H,37,44)(H,39,45);;;/q-2;;;/i12T;;;. The van der Waals surface area contributed by atoms with Gasteiger partial charge in [0.05, 0.1) is 6.04 Å². The quantitative estimate of drug-likeness (QED) is 0.0980. The zero-order valence-electron chi connectivity index (χ0n) is 31.6. The van der Waals surface area contributed by atoms with Crippen LogP contribution < -0.4 is 10.6 Å². The zero-order chi connectivity index (χ0) is 36.4. The Morgan fingerprint density at radius 3 is 2.49 bits per heavy atom. The number of thiazole rings is 1. The summed E-state index contributed by atoms with van der Waals surface area (Å²) in [7, 11) is 1.92. The van der Waals surface area contributed by atoms with Crippen molar-refractivity contribution < 1.29 is 96.4 Å². The Morgan fingerprint density at radius 1 is 1.25 bits per heavy atom. The van der Waals surface area contributed by atoms with E-state index < -0.39 is 12.8 Å². The number of thiol groups is 1. The second-order valence-corrected chi connectivity index (χ2v) is 14.8. The normalized spacial score (nSPS) is 17.3. The zero-order valence-corrected chi connectivity index (χ0v) is 40.8. The van der Waals surface area contributed by atoms with Crippen molar-refractivity contribution in [2.75, 3.05) is 20.3 Å². The molecule has 6 unspecified atom stereocenters. The van der Waals surface area contributed by atoms with Gasteiger partial charge in [-0.05, 0) is 56.6 Å². The van der Waals surface area contributed by atoms with E-state index in [1.54, 1.807) is 17.5 Å². The summed E-state index contributed by atoms with van der Waals surface area (Å²) in [6.07, 6.45) is 5.49. The maximum Gasteiger partial charge on any atom is 0.270 e. The fraction of sp³-hybridized carbons (Fsp3) is 0.611. The van der Waals surface area contributed by atoms with Crippen molar-refractivity contribution in [1.82, 2.24) is 25.4 Å². The molecule has 0 bridgehead atoms. The van der Waals surface area contributed by atoms with Gasteiger partial charge in [0.15, 0.2) is 0 Å². The van der Waals surface area contributed by atoms with Gasteiger partial charge in [-0.15, -0.1) is 11.3 Å². The number of benzene rings is 1. The molecule has 1 aromatic heterocycles. The second kappa shape index (κ2) is 24.7. The van der Waals surface area contributed by atoms with Crippen molar-refractivity contribution in [3.05, 3.63) is 52.3 Å². The molecule has 1 aliphatic heterocycles. The fourth-order valence-corrected chi connectivity index (χ4v) is 7.03. The second-order valence-electron chi connectivity index (χ2n) is 13.4. The predicted octanol–water partition coefficient (Wildman–Crippen LogP) is 4.55. The summed E-state index contributed by atoms with van der Waals surface area (Å²) in [4.78, 5) is 61.0. The Bertz CT molecular complexity index is 1460. The number of nitrogens with zero attached hydrogens (tertiary/aromatic N) is 3. The van der Waals surface area contributed by atoms with Gasteiger partial charge in [-0.3, -0.25) is 29.1 Å². The molecule has 2 aromatic rings. The van der Waals surface area contributed by atoms with Gasteiger partial charge < -0.3 is 27.1 Å². The van der Waals surface area contributed by atoms with Crippen molar-refractivity contribution in [3.8, 4) is 0 Å². The van der Waals surface area contributed by atoms with Crippen LogP contribution in [-0.4, -0.2) is 87.9 Å². The first-order chi connectivity index (χ1) is 23.2. The van der Waals surface area contributed by atoms with E-state index in [0.717, 1.165) is 24.9 Å². The Hall–Kier alpha value is -0.605. The van der Waals surface area contributed by atoms with Gasteiger partial charge in [0.25, 0.3) is 5.91 Å². The largest absolute Gasteiger partial charge is 0.376 e. The average molecular weight is 1170 g/mol. The molecule has 1 aliphatic rings. The van der Waals surface area contributed by atoms with Crippen LogP contribution in [0.1, 0.15) is 96.1 Å². The first-order valence-electron chi connectivity index (χ1n) is 17.4. The number of nitrogens with one attached hydrogen (secondary N) is 2. The Labute approximate surface area is 365 Å². The van der Waals surface area contributed by atoms with Gasteiger partial charge in [-0.2, -0.15) is 41.1 Å². The molecule has 51 heavy (non-hydrogen) atoms. The molecule has 2 heterocycles. The summed E-state index contributed by atoms with van der Waals surface area (Å²) in [6, 6.07) is 4.75. The molecular weight excluding hydrogens is 1120 g/mol. The van der Waals surface area contributed by atoms with E-state index in [4.69, 9.17) is 1.37 Å². The van der Waals surface area contributed by atoms with Gasteiger partial charge in [0, 0.05) is 95.5 Å². The van der Waals surface area contributed by atoms with Gasteiger partial charge in [0.2, 0.25) is 11.8 Å². The van der Waals surface area contributed by atoms with Crippen LogP contribution in [0.2, 0.25) is 0 Å². The van der Waals surface area contributed by atoms with Gasteiger partial charge in [-0.1, -0.05) is 47.5 Å². The molecular formula is C36H53N5O5S2UVW-2. The molecule has 0 saturated carbocycles. The Balaban J connectivity index is 0.00000867. The number of aromatic nitrogens is 1. The Kier molecular flexibility index (Phi) is 23.5. The predicted molar refractivity (Wildman–Crippen MR) is 192 cm³/mol. The van der Waals surface area contributed by atoms with Crippen molar-refractivity contribution in [2.24, 2.45) is 17.8 Å². The summed E-state index contributed by atoms with van der Waals surface area (Å²) < 4.78 is 7.83. The van der Waals surface area contributed by atoms with Crippen LogP contribution >= 0.6 is 24.0 Å². The first kappa shape index (κ1) is 48.4. The van der Waals surface area contributed by atoms with E-state index in [0.29, 0.717) is 35.6 Å². The van der Waals surface area contributed by atoms with Crippen LogP contribution in [0.3, 0.4) is 0 Å². The van der Waals surface area contributed by atoms with Gasteiger partial charge in [0.1, 0.15) is 24.2 Å². The molecule has 1 fully saturated rings. The maximum absolute atomic E-state index is 14.0. The molecule has 3 N–H and O–H groups in total. The number of hydrogen-bond donors (Lipinski definition) is 4. The average Bonchev–Trinajstić information content (AvgIpc) is 3.71. The minimum absolute atomic E-state index is 0. The summed E-state index contributed by atoms with van der Waals surface area (Å²) >= 11 is 5.63. The number of likely N-dealkylation sites (N-methyl/N-ethyl adjacent to an activating group) is 1. The fourth-order valence-electron chi connectivity index (χ4n) is 6.06. The van der Waals surface area contributed by atoms with E-state index in [9.17, 15) is 24.3 Å². The van der Waals surface area contributed by atoms with Crippen molar-refractivity contribution >= 4 is 47.5 Å². The summed E-state index contributed by atoms with van der Waals surface area (Å²) in [5, 5.41) is 18.8. The molecule has 10 nitrogen and oxygen atoms in total. The number of hydrogen-bond acceptors (Lipinski definition) is 9. The first-order valence-corrected chi connectivity index (χ1v) is 18.2. The van der Waals surface area contributed by atoms with Crippen LogP contribution in [-0.2, 0) is 60.4 Å². The van der Waals surface area contributed by atoms with Crippen LogP contribution in [0.25, 0.3) is 0 Å². The van der Waals surface area contributed by atoms with E-state index in [1.807, 2.05) is 53.0 Å². The molecule has 3 rings (SSSR count). The molecule has 3 amide bonds. The van der Waals surface area contributed by atoms with E-state index >= 15 is 0 Å². The molecule has 0 spiro atoms. The molecule has 0 aliphatic carbocycles. The third-order valence-corrected chi connectivity index (χ3v) is 10.5. The summed E-state index contributed by atoms with van der Waals surface area (Å²) in [5.41, 5.74) is 1.09. The number of aliphatic hydroxyl groups excluding tert-OH is 1. The minimum Gasteiger partial charge on any atom is -0.376 e. The number of ketones is 1. The maximum atomic E-state index is 14.0. The van der Waals surface area contributed by atoms with E-state index in [-0.39, 0.29) is 142 Å². The number of Topliss-reactive ketones (excluding diaryl/α,β-unsaturated/α-hetero) is 1. The number of carbonyl (C=O) groups excluding carboxylic acids is 4. The Morgan fingerprint density at radius 2 is 1.94 bits per heavy atom. The number of likely N-dealkylation sites (tertiary alicyclic amines) is 1. The number of amides is 3. The van der Waals surface area contributed by atoms with E-state index in [1.165, 1.54) is 23.2 Å². The van der Waals surface area contributed by atoms with Crippen LogP contribution in [0.4, 0.5) is 0 Å². The monoisotopic (exact) mass is 1170 g/mol. The SMILES string of the molecule is [3H]c1[c-]cc(CC(CC(C)C(C)=O)NC(=O)c2csc([CH-]CC(C(C)C)N(CO)C(=O)C(NC(=O)C3CCCN3C)C(C)CC)n2)cc1S.[U].[V].[W]. The molecule has 15 heteroatoms. The topological polar surface area (TPSA) is 132 Å². The van der Waals surface area contributed by atoms with Gasteiger partial charge >= 0.3 is 0 Å². The molecule has 1 aromatic carbocycles. The van der Waals surface area contributed by atoms with Crippen molar-refractivity contribution in [3.63, 3.8) is 0 Å². The molecule has 281 valence electrons. The third kappa shape index (κ3) is 15.2. The van der Waals surface area contributed by atoms with Crippen LogP contribution in [0.15, 0.2) is 28.5 Å². The minimum atomic E-state index is -0.768. The van der Waals surface area contributed by atoms with Crippen LogP contribution in [0.5, 0.6) is 0 Å². The number of carbonyl (C=O) groups is 4. The molecule has 1 radical (unpaired) electrons. The third-order valence-electron chi connectivity index (χ3n) is 9.42. The van der Waals surface area contributed by atoms with Gasteiger partial charge in [-0.25, -0.2) is 12.6 Å². The van der Waals surface area contributed by atoms with Crippen molar-refractivity contribution in [1.29, 1.82) is 0 Å².